The van der Waals surface area contributed by atoms with Crippen LogP contribution in [-0.2, 0) is 16.1 Å². The lowest BCUT2D eigenvalue weighted by atomic mass is 10.1. The van der Waals surface area contributed by atoms with Gasteiger partial charge in [-0.2, -0.15) is 14.9 Å². The molecule has 0 unspecified atom stereocenters. The minimum absolute atomic E-state index is 0.106. The van der Waals surface area contributed by atoms with Gasteiger partial charge in [0.15, 0.2) is 5.75 Å². The van der Waals surface area contributed by atoms with Gasteiger partial charge in [0.05, 0.1) is 11.3 Å². The van der Waals surface area contributed by atoms with Crippen molar-refractivity contribution in [1.82, 2.24) is 4.90 Å². The van der Waals surface area contributed by atoms with Crippen LogP contribution in [0.1, 0.15) is 30.9 Å². The standard InChI is InChI=1S/C13H17N3O.CO2/c1-9-3-2-4-16(9)8-10-5-11(7-14)13(17)12(15)6-10;2-1-3/h5-6,9,17H,2-4,8,15H2,1H3;/t9-;/m1./s1. The molecule has 0 spiro atoms. The number of phenolic OH excluding ortho intramolecular Hbond substituents is 1. The number of nitrogen functional groups attached to an aromatic ring is 1. The van der Waals surface area contributed by atoms with Gasteiger partial charge in [-0.3, -0.25) is 4.90 Å². The summed E-state index contributed by atoms with van der Waals surface area (Å²) in [5, 5.41) is 18.5. The lowest BCUT2D eigenvalue weighted by Gasteiger charge is -2.21. The first-order chi connectivity index (χ1) is 9.53. The van der Waals surface area contributed by atoms with Crippen molar-refractivity contribution >= 4 is 11.8 Å². The van der Waals surface area contributed by atoms with E-state index in [4.69, 9.17) is 20.6 Å². The Kier molecular flexibility index (Phi) is 5.73. The van der Waals surface area contributed by atoms with Gasteiger partial charge in [0.1, 0.15) is 6.07 Å². The normalized spacial score (nSPS) is 17.7. The maximum Gasteiger partial charge on any atom is 0.373 e. The summed E-state index contributed by atoms with van der Waals surface area (Å²) in [5.41, 5.74) is 7.22. The van der Waals surface area contributed by atoms with Crippen LogP contribution >= 0.6 is 0 Å². The summed E-state index contributed by atoms with van der Waals surface area (Å²) in [6, 6.07) is 6.01. The zero-order valence-corrected chi connectivity index (χ0v) is 11.3. The molecule has 1 heterocycles. The van der Waals surface area contributed by atoms with E-state index >= 15 is 0 Å². The number of nitriles is 1. The molecule has 0 bridgehead atoms. The molecule has 6 nitrogen and oxygen atoms in total. The number of likely N-dealkylation sites (tertiary alicyclic amines) is 1. The van der Waals surface area contributed by atoms with Crippen LogP contribution in [-0.4, -0.2) is 28.7 Å². The van der Waals surface area contributed by atoms with Crippen LogP contribution in [0.5, 0.6) is 5.75 Å². The lowest BCUT2D eigenvalue weighted by molar-refractivity contribution is -0.191. The third kappa shape index (κ3) is 3.82. The Bertz CT molecular complexity index is 545. The summed E-state index contributed by atoms with van der Waals surface area (Å²) in [4.78, 5) is 18.6. The molecule has 106 valence electrons. The third-order valence-corrected chi connectivity index (χ3v) is 3.40. The van der Waals surface area contributed by atoms with E-state index in [0.29, 0.717) is 6.04 Å². The summed E-state index contributed by atoms with van der Waals surface area (Å²) in [6.45, 7) is 4.09. The second-order valence-electron chi connectivity index (χ2n) is 4.74. The minimum atomic E-state index is -0.106. The molecule has 1 aromatic carbocycles. The van der Waals surface area contributed by atoms with Crippen molar-refractivity contribution in [2.24, 2.45) is 0 Å². The highest BCUT2D eigenvalue weighted by atomic mass is 16.3. The van der Waals surface area contributed by atoms with Gasteiger partial charge in [0.25, 0.3) is 0 Å². The molecule has 0 aliphatic carbocycles. The highest BCUT2D eigenvalue weighted by Crippen LogP contribution is 2.28. The van der Waals surface area contributed by atoms with Crippen LogP contribution in [0.3, 0.4) is 0 Å². The lowest BCUT2D eigenvalue weighted by Crippen LogP contribution is -2.26. The van der Waals surface area contributed by atoms with Gasteiger partial charge in [-0.1, -0.05) is 0 Å². The van der Waals surface area contributed by atoms with E-state index in [0.717, 1.165) is 18.7 Å². The number of nitrogens with zero attached hydrogens (tertiary/aromatic N) is 2. The Morgan fingerprint density at radius 1 is 1.50 bits per heavy atom. The van der Waals surface area contributed by atoms with Gasteiger partial charge < -0.3 is 10.8 Å². The summed E-state index contributed by atoms with van der Waals surface area (Å²) >= 11 is 0. The predicted octanol–water partition coefficient (Wildman–Crippen LogP) is 1.25. The fraction of sp³-hybridized carbons (Fsp3) is 0.429. The number of hydrogen-bond acceptors (Lipinski definition) is 6. The fourth-order valence-electron chi connectivity index (χ4n) is 2.36. The van der Waals surface area contributed by atoms with E-state index in [1.807, 2.05) is 6.07 Å². The van der Waals surface area contributed by atoms with Crippen molar-refractivity contribution in [1.29, 1.82) is 5.26 Å². The first-order valence-electron chi connectivity index (χ1n) is 6.28. The van der Waals surface area contributed by atoms with Gasteiger partial charge in [0, 0.05) is 12.6 Å². The maximum absolute atomic E-state index is 9.57. The molecular formula is C14H17N3O3. The first kappa shape index (κ1) is 15.7. The largest absolute Gasteiger partial charge is 0.504 e. The van der Waals surface area contributed by atoms with Crippen LogP contribution in [0.15, 0.2) is 12.1 Å². The third-order valence-electron chi connectivity index (χ3n) is 3.40. The molecule has 2 rings (SSSR count). The molecule has 1 aromatic rings. The topological polar surface area (TPSA) is 107 Å². The predicted molar refractivity (Wildman–Crippen MR) is 71.3 cm³/mol. The summed E-state index contributed by atoms with van der Waals surface area (Å²) in [5.74, 6) is -0.106. The maximum atomic E-state index is 9.57. The number of rotatable bonds is 2. The first-order valence-corrected chi connectivity index (χ1v) is 6.28. The second-order valence-corrected chi connectivity index (χ2v) is 4.74. The van der Waals surface area contributed by atoms with E-state index < -0.39 is 0 Å². The quantitative estimate of drug-likeness (QED) is 0.621. The Labute approximate surface area is 117 Å². The molecule has 0 radical (unpaired) electrons. The van der Waals surface area contributed by atoms with E-state index in [1.165, 1.54) is 12.8 Å². The molecule has 1 atom stereocenters. The van der Waals surface area contributed by atoms with Crippen molar-refractivity contribution in [3.8, 4) is 11.8 Å². The Morgan fingerprint density at radius 3 is 2.65 bits per heavy atom. The number of anilines is 1. The SMILES string of the molecule is C[C@@H]1CCCN1Cc1cc(N)c(O)c(C#N)c1.O=C=O. The van der Waals surface area contributed by atoms with Gasteiger partial charge >= 0.3 is 6.15 Å². The van der Waals surface area contributed by atoms with Gasteiger partial charge in [-0.05, 0) is 44.0 Å². The molecule has 1 aliphatic heterocycles. The molecule has 1 aliphatic rings. The zero-order chi connectivity index (χ0) is 15.1. The average molecular weight is 275 g/mol. The van der Waals surface area contributed by atoms with Crippen LogP contribution in [0.25, 0.3) is 0 Å². The van der Waals surface area contributed by atoms with Crippen molar-refractivity contribution in [2.45, 2.75) is 32.4 Å². The van der Waals surface area contributed by atoms with Gasteiger partial charge in [0.2, 0.25) is 0 Å². The fourth-order valence-corrected chi connectivity index (χ4v) is 2.36. The Hall–Kier alpha value is -2.35. The van der Waals surface area contributed by atoms with Crippen molar-refractivity contribution in [3.63, 3.8) is 0 Å². The van der Waals surface area contributed by atoms with E-state index in [9.17, 15) is 5.11 Å². The van der Waals surface area contributed by atoms with Crippen LogP contribution < -0.4 is 5.73 Å². The highest BCUT2D eigenvalue weighted by Gasteiger charge is 2.20. The Morgan fingerprint density at radius 2 is 2.15 bits per heavy atom. The Balaban J connectivity index is 0.000000612. The average Bonchev–Trinajstić information content (AvgIpc) is 2.80. The highest BCUT2D eigenvalue weighted by molar-refractivity contribution is 5.61. The van der Waals surface area contributed by atoms with Crippen LogP contribution in [0.4, 0.5) is 5.69 Å². The molecule has 20 heavy (non-hydrogen) atoms. The van der Waals surface area contributed by atoms with E-state index in [1.54, 1.807) is 12.1 Å². The molecule has 0 saturated carbocycles. The van der Waals surface area contributed by atoms with Crippen LogP contribution in [0, 0.1) is 11.3 Å². The molecule has 0 aromatic heterocycles. The van der Waals surface area contributed by atoms with Gasteiger partial charge in [-0.25, -0.2) is 0 Å². The molecule has 0 amide bonds. The summed E-state index contributed by atoms with van der Waals surface area (Å²) in [6.07, 6.45) is 2.69. The number of hydrogen-bond donors (Lipinski definition) is 2. The number of carbonyl (C=O) groups excluding carboxylic acids is 2. The van der Waals surface area contributed by atoms with Crippen LogP contribution in [0.2, 0.25) is 0 Å². The second kappa shape index (κ2) is 7.29. The summed E-state index contributed by atoms with van der Waals surface area (Å²) < 4.78 is 0. The number of aromatic hydroxyl groups is 1. The zero-order valence-electron chi connectivity index (χ0n) is 11.3. The van der Waals surface area contributed by atoms with Gasteiger partial charge in [-0.15, -0.1) is 0 Å². The minimum Gasteiger partial charge on any atom is -0.504 e. The molecular weight excluding hydrogens is 258 g/mol. The van der Waals surface area contributed by atoms with Crippen molar-refractivity contribution in [2.75, 3.05) is 12.3 Å². The van der Waals surface area contributed by atoms with E-state index in [2.05, 4.69) is 11.8 Å². The molecule has 6 heteroatoms. The molecule has 3 N–H and O–H groups in total. The summed E-state index contributed by atoms with van der Waals surface area (Å²) in [7, 11) is 0. The van der Waals surface area contributed by atoms with E-state index in [-0.39, 0.29) is 23.2 Å². The number of nitrogens with two attached hydrogens (primary N) is 1. The smallest absolute Gasteiger partial charge is 0.373 e. The molecule has 1 saturated heterocycles. The number of benzene rings is 1. The number of phenols is 1. The van der Waals surface area contributed by atoms with Crippen molar-refractivity contribution < 1.29 is 14.7 Å². The monoisotopic (exact) mass is 275 g/mol. The molecule has 1 fully saturated rings. The van der Waals surface area contributed by atoms with Crippen molar-refractivity contribution in [3.05, 3.63) is 23.3 Å².